The molecule has 1 rings (SSSR count). The average molecular weight is 228 g/mol. The van der Waals surface area contributed by atoms with Crippen LogP contribution in [-0.2, 0) is 6.42 Å². The molecular formula is C12H18ClNO. The number of hydrogen-bond donors (Lipinski definition) is 1. The molecule has 0 heterocycles. The Morgan fingerprint density at radius 2 is 2.07 bits per heavy atom. The zero-order valence-electron chi connectivity index (χ0n) is 9.56. The molecule has 15 heavy (non-hydrogen) atoms. The van der Waals surface area contributed by atoms with Gasteiger partial charge in [-0.15, -0.1) is 0 Å². The maximum Gasteiger partial charge on any atom is 0.125 e. The maximum absolute atomic E-state index is 6.14. The number of methoxy groups -OCH3 is 1. The van der Waals surface area contributed by atoms with E-state index in [9.17, 15) is 0 Å². The summed E-state index contributed by atoms with van der Waals surface area (Å²) in [5, 5.41) is 0.806. The Bertz CT molecular complexity index is 350. The fraction of sp³-hybridized carbons (Fsp3) is 0.500. The lowest BCUT2D eigenvalue weighted by Gasteiger charge is -2.15. The van der Waals surface area contributed by atoms with Crippen molar-refractivity contribution < 1.29 is 4.74 Å². The van der Waals surface area contributed by atoms with Crippen molar-refractivity contribution in [3.8, 4) is 5.75 Å². The van der Waals surface area contributed by atoms with Crippen LogP contribution >= 0.6 is 11.6 Å². The van der Waals surface area contributed by atoms with Gasteiger partial charge >= 0.3 is 0 Å². The van der Waals surface area contributed by atoms with Gasteiger partial charge in [-0.1, -0.05) is 11.6 Å². The monoisotopic (exact) mass is 227 g/mol. The summed E-state index contributed by atoms with van der Waals surface area (Å²) in [5.41, 5.74) is 8.90. The minimum absolute atomic E-state index is 0.689. The molecule has 0 fully saturated rings. The van der Waals surface area contributed by atoms with Gasteiger partial charge in [0, 0.05) is 5.02 Å². The molecule has 0 aromatic heterocycles. The van der Waals surface area contributed by atoms with Crippen molar-refractivity contribution in [2.75, 3.05) is 13.7 Å². The molecule has 0 saturated heterocycles. The predicted octanol–water partition coefficient (Wildman–Crippen LogP) is 2.86. The number of rotatable bonds is 4. The van der Waals surface area contributed by atoms with E-state index in [1.54, 1.807) is 7.11 Å². The normalized spacial score (nSPS) is 10.5. The summed E-state index contributed by atoms with van der Waals surface area (Å²) in [4.78, 5) is 0. The minimum Gasteiger partial charge on any atom is -0.496 e. The Balaban J connectivity index is 3.18. The molecule has 0 aliphatic heterocycles. The summed E-state index contributed by atoms with van der Waals surface area (Å²) in [6, 6.07) is 1.95. The molecule has 0 amide bonds. The highest BCUT2D eigenvalue weighted by molar-refractivity contribution is 6.31. The van der Waals surface area contributed by atoms with Gasteiger partial charge < -0.3 is 10.5 Å². The SMILES string of the molecule is COc1c(C)cc(Cl)c(C)c1CCCN. The summed E-state index contributed by atoms with van der Waals surface area (Å²) in [5.74, 6) is 0.949. The van der Waals surface area contributed by atoms with Crippen molar-refractivity contribution in [3.63, 3.8) is 0 Å². The first-order chi connectivity index (χ1) is 7.11. The maximum atomic E-state index is 6.14. The van der Waals surface area contributed by atoms with E-state index in [2.05, 4.69) is 0 Å². The average Bonchev–Trinajstić information content (AvgIpc) is 2.21. The molecule has 0 bridgehead atoms. The Labute approximate surface area is 96.4 Å². The van der Waals surface area contributed by atoms with Gasteiger partial charge in [0.25, 0.3) is 0 Å². The number of hydrogen-bond acceptors (Lipinski definition) is 2. The molecule has 2 nitrogen and oxygen atoms in total. The molecule has 0 unspecified atom stereocenters. The van der Waals surface area contributed by atoms with E-state index >= 15 is 0 Å². The van der Waals surface area contributed by atoms with E-state index < -0.39 is 0 Å². The topological polar surface area (TPSA) is 35.2 Å². The van der Waals surface area contributed by atoms with Crippen molar-refractivity contribution in [1.29, 1.82) is 0 Å². The quantitative estimate of drug-likeness (QED) is 0.859. The van der Waals surface area contributed by atoms with E-state index in [-0.39, 0.29) is 0 Å². The summed E-state index contributed by atoms with van der Waals surface area (Å²) < 4.78 is 5.41. The molecule has 3 heteroatoms. The molecule has 84 valence electrons. The summed E-state index contributed by atoms with van der Waals surface area (Å²) in [7, 11) is 1.70. The van der Waals surface area contributed by atoms with Gasteiger partial charge in [0.15, 0.2) is 0 Å². The van der Waals surface area contributed by atoms with E-state index in [1.807, 2.05) is 19.9 Å². The van der Waals surface area contributed by atoms with Gasteiger partial charge in [-0.2, -0.15) is 0 Å². The Morgan fingerprint density at radius 3 is 2.60 bits per heavy atom. The minimum atomic E-state index is 0.689. The first-order valence-electron chi connectivity index (χ1n) is 5.14. The fourth-order valence-electron chi connectivity index (χ4n) is 1.78. The second-order valence-electron chi connectivity index (χ2n) is 3.70. The highest BCUT2D eigenvalue weighted by atomic mass is 35.5. The van der Waals surface area contributed by atoms with Crippen molar-refractivity contribution in [3.05, 3.63) is 27.8 Å². The van der Waals surface area contributed by atoms with Crippen LogP contribution in [0.1, 0.15) is 23.1 Å². The van der Waals surface area contributed by atoms with Crippen LogP contribution < -0.4 is 10.5 Å². The van der Waals surface area contributed by atoms with Crippen LogP contribution in [-0.4, -0.2) is 13.7 Å². The lowest BCUT2D eigenvalue weighted by atomic mass is 9.99. The first kappa shape index (κ1) is 12.3. The number of nitrogens with two attached hydrogens (primary N) is 1. The van der Waals surface area contributed by atoms with Crippen molar-refractivity contribution in [1.82, 2.24) is 0 Å². The van der Waals surface area contributed by atoms with Crippen LogP contribution in [0.5, 0.6) is 5.75 Å². The number of ether oxygens (including phenoxy) is 1. The molecule has 0 aliphatic rings. The van der Waals surface area contributed by atoms with Gasteiger partial charge in [0.1, 0.15) is 5.75 Å². The smallest absolute Gasteiger partial charge is 0.125 e. The largest absolute Gasteiger partial charge is 0.496 e. The Kier molecular flexibility index (Phi) is 4.43. The van der Waals surface area contributed by atoms with E-state index in [4.69, 9.17) is 22.1 Å². The third kappa shape index (κ3) is 2.64. The van der Waals surface area contributed by atoms with Crippen LogP contribution in [0.4, 0.5) is 0 Å². The molecule has 1 aromatic carbocycles. The van der Waals surface area contributed by atoms with Gasteiger partial charge in [0.05, 0.1) is 7.11 Å². The molecule has 0 aliphatic carbocycles. The van der Waals surface area contributed by atoms with Crippen LogP contribution in [0, 0.1) is 13.8 Å². The van der Waals surface area contributed by atoms with Crippen LogP contribution in [0.25, 0.3) is 0 Å². The second kappa shape index (κ2) is 5.38. The Hall–Kier alpha value is -0.730. The number of halogens is 1. The standard InChI is InChI=1S/C12H18ClNO/c1-8-7-11(13)9(2)10(5-4-6-14)12(8)15-3/h7H,4-6,14H2,1-3H3. The van der Waals surface area contributed by atoms with E-state index in [0.29, 0.717) is 6.54 Å². The number of aryl methyl sites for hydroxylation is 1. The highest BCUT2D eigenvalue weighted by Crippen LogP contribution is 2.32. The van der Waals surface area contributed by atoms with Crippen molar-refractivity contribution in [2.45, 2.75) is 26.7 Å². The van der Waals surface area contributed by atoms with Crippen molar-refractivity contribution >= 4 is 11.6 Å². The lowest BCUT2D eigenvalue weighted by molar-refractivity contribution is 0.405. The van der Waals surface area contributed by atoms with Crippen LogP contribution in [0.15, 0.2) is 6.07 Å². The lowest BCUT2D eigenvalue weighted by Crippen LogP contribution is -2.04. The molecule has 2 N–H and O–H groups in total. The predicted molar refractivity (Wildman–Crippen MR) is 64.9 cm³/mol. The molecule has 0 saturated carbocycles. The first-order valence-corrected chi connectivity index (χ1v) is 5.52. The van der Waals surface area contributed by atoms with Gasteiger partial charge in [-0.3, -0.25) is 0 Å². The van der Waals surface area contributed by atoms with E-state index in [1.165, 1.54) is 5.56 Å². The molecule has 0 spiro atoms. The summed E-state index contributed by atoms with van der Waals surface area (Å²) in [6.07, 6.45) is 1.88. The molecule has 1 aromatic rings. The molecular weight excluding hydrogens is 210 g/mol. The summed E-state index contributed by atoms with van der Waals surface area (Å²) >= 11 is 6.14. The zero-order chi connectivity index (χ0) is 11.4. The number of benzene rings is 1. The zero-order valence-corrected chi connectivity index (χ0v) is 10.3. The second-order valence-corrected chi connectivity index (χ2v) is 4.11. The third-order valence-corrected chi connectivity index (χ3v) is 3.01. The van der Waals surface area contributed by atoms with Crippen LogP contribution in [0.2, 0.25) is 5.02 Å². The van der Waals surface area contributed by atoms with Gasteiger partial charge in [0.2, 0.25) is 0 Å². The highest BCUT2D eigenvalue weighted by Gasteiger charge is 2.12. The fourth-order valence-corrected chi connectivity index (χ4v) is 2.06. The summed E-state index contributed by atoms with van der Waals surface area (Å²) in [6.45, 7) is 4.72. The molecule has 0 radical (unpaired) electrons. The van der Waals surface area contributed by atoms with Gasteiger partial charge in [-0.25, -0.2) is 0 Å². The Morgan fingerprint density at radius 1 is 1.40 bits per heavy atom. The van der Waals surface area contributed by atoms with Gasteiger partial charge in [-0.05, 0) is 56.0 Å². The molecule has 0 atom stereocenters. The van der Waals surface area contributed by atoms with E-state index in [0.717, 1.165) is 34.7 Å². The van der Waals surface area contributed by atoms with Crippen molar-refractivity contribution in [2.24, 2.45) is 5.73 Å². The third-order valence-electron chi connectivity index (χ3n) is 2.62. The van der Waals surface area contributed by atoms with Crippen LogP contribution in [0.3, 0.4) is 0 Å².